The number of rotatable bonds is 5. The summed E-state index contributed by atoms with van der Waals surface area (Å²) < 4.78 is 55.0. The Bertz CT molecular complexity index is 1040. The Kier molecular flexibility index (Phi) is 5.78. The van der Waals surface area contributed by atoms with E-state index in [0.29, 0.717) is 11.3 Å². The molecule has 3 rings (SSSR count). The van der Waals surface area contributed by atoms with Crippen molar-refractivity contribution in [3.63, 3.8) is 0 Å². The fourth-order valence-electron chi connectivity index (χ4n) is 2.73. The van der Waals surface area contributed by atoms with Gasteiger partial charge in [0.1, 0.15) is 11.9 Å². The van der Waals surface area contributed by atoms with Crippen molar-refractivity contribution in [3.8, 4) is 0 Å². The summed E-state index contributed by atoms with van der Waals surface area (Å²) in [5.74, 6) is -0.940. The molecule has 1 atom stereocenters. The number of halogens is 5. The number of nitrogens with one attached hydrogen (secondary N) is 1. The zero-order valence-corrected chi connectivity index (χ0v) is 16.9. The van der Waals surface area contributed by atoms with Crippen LogP contribution in [0.3, 0.4) is 0 Å². The van der Waals surface area contributed by atoms with Crippen LogP contribution in [-0.2, 0) is 17.5 Å². The van der Waals surface area contributed by atoms with Crippen LogP contribution in [0.25, 0.3) is 0 Å². The van der Waals surface area contributed by atoms with Crippen molar-refractivity contribution < 1.29 is 22.4 Å². The largest absolute Gasteiger partial charge is 0.436 e. The molecule has 0 aliphatic rings. The van der Waals surface area contributed by atoms with E-state index in [1.54, 1.807) is 18.2 Å². The highest BCUT2D eigenvalue weighted by molar-refractivity contribution is 9.10. The first-order valence-electron chi connectivity index (χ1n) is 8.46. The summed E-state index contributed by atoms with van der Waals surface area (Å²) in [5.41, 5.74) is -0.153. The first-order valence-corrected chi connectivity index (χ1v) is 9.25. The molecule has 0 spiro atoms. The van der Waals surface area contributed by atoms with Crippen LogP contribution in [0.4, 0.5) is 23.2 Å². The standard InChI is InChI=1S/C18H16BrF4N5O/c1-10-15(19)16(18(21,22)23)26-28(10)11(2)17(29)25-13-7-24-27(9-13)8-12-5-3-4-6-14(12)20/h3-7,9,11H,8H2,1-2H3,(H,25,29). The minimum Gasteiger partial charge on any atom is -0.322 e. The predicted molar refractivity (Wildman–Crippen MR) is 101 cm³/mol. The molecule has 11 heteroatoms. The van der Waals surface area contributed by atoms with E-state index in [1.807, 2.05) is 0 Å². The lowest BCUT2D eigenvalue weighted by Gasteiger charge is -2.13. The second-order valence-corrected chi connectivity index (χ2v) is 7.17. The van der Waals surface area contributed by atoms with Crippen molar-refractivity contribution in [2.75, 3.05) is 5.32 Å². The summed E-state index contributed by atoms with van der Waals surface area (Å²) in [5, 5.41) is 10.2. The van der Waals surface area contributed by atoms with Crippen LogP contribution in [-0.4, -0.2) is 25.5 Å². The fraction of sp³-hybridized carbons (Fsp3) is 0.278. The van der Waals surface area contributed by atoms with Gasteiger partial charge < -0.3 is 5.32 Å². The SMILES string of the molecule is Cc1c(Br)c(C(F)(F)F)nn1C(C)C(=O)Nc1cnn(Cc2ccccc2F)c1. The van der Waals surface area contributed by atoms with Crippen molar-refractivity contribution in [1.29, 1.82) is 0 Å². The third kappa shape index (κ3) is 4.50. The number of hydrogen-bond donors (Lipinski definition) is 1. The van der Waals surface area contributed by atoms with Gasteiger partial charge in [0.05, 0.1) is 28.6 Å². The van der Waals surface area contributed by atoms with Gasteiger partial charge in [-0.05, 0) is 35.8 Å². The van der Waals surface area contributed by atoms with Crippen LogP contribution in [0.1, 0.15) is 29.9 Å². The number of benzene rings is 1. The maximum atomic E-state index is 13.7. The molecule has 0 saturated heterocycles. The van der Waals surface area contributed by atoms with Crippen LogP contribution in [0.15, 0.2) is 41.1 Å². The smallest absolute Gasteiger partial charge is 0.322 e. The first kappa shape index (κ1) is 21.0. The van der Waals surface area contributed by atoms with Gasteiger partial charge >= 0.3 is 6.18 Å². The first-order chi connectivity index (χ1) is 13.6. The predicted octanol–water partition coefficient (Wildman–Crippen LogP) is 4.56. The summed E-state index contributed by atoms with van der Waals surface area (Å²) >= 11 is 2.88. The maximum absolute atomic E-state index is 13.7. The molecular formula is C18H16BrF4N5O. The fourth-order valence-corrected chi connectivity index (χ4v) is 3.22. The molecule has 0 saturated carbocycles. The molecule has 3 aromatic rings. The molecule has 0 fully saturated rings. The highest BCUT2D eigenvalue weighted by atomic mass is 79.9. The molecular weight excluding hydrogens is 458 g/mol. The second-order valence-electron chi connectivity index (χ2n) is 6.37. The molecule has 1 unspecified atom stereocenters. The van der Waals surface area contributed by atoms with Crippen LogP contribution in [0, 0.1) is 12.7 Å². The molecule has 0 aliphatic carbocycles. The quantitative estimate of drug-likeness (QED) is 0.552. The van der Waals surface area contributed by atoms with Gasteiger partial charge in [-0.25, -0.2) is 4.39 Å². The number of aromatic nitrogens is 4. The van der Waals surface area contributed by atoms with Crippen LogP contribution < -0.4 is 5.32 Å². The number of alkyl halides is 3. The molecule has 0 radical (unpaired) electrons. The minimum absolute atomic E-state index is 0.165. The van der Waals surface area contributed by atoms with E-state index in [-0.39, 0.29) is 22.5 Å². The molecule has 154 valence electrons. The van der Waals surface area contributed by atoms with E-state index in [4.69, 9.17) is 0 Å². The van der Waals surface area contributed by atoms with Gasteiger partial charge in [-0.2, -0.15) is 23.4 Å². The summed E-state index contributed by atoms with van der Waals surface area (Å²) in [6.07, 6.45) is -1.76. The number of amides is 1. The Morgan fingerprint density at radius 1 is 1.31 bits per heavy atom. The Balaban J connectivity index is 1.73. The van der Waals surface area contributed by atoms with Gasteiger partial charge in [0.15, 0.2) is 5.69 Å². The lowest BCUT2D eigenvalue weighted by Crippen LogP contribution is -2.25. The van der Waals surface area contributed by atoms with E-state index in [2.05, 4.69) is 31.4 Å². The lowest BCUT2D eigenvalue weighted by atomic mass is 10.2. The van der Waals surface area contributed by atoms with Gasteiger partial charge in [-0.1, -0.05) is 18.2 Å². The summed E-state index contributed by atoms with van der Waals surface area (Å²) in [4.78, 5) is 12.5. The summed E-state index contributed by atoms with van der Waals surface area (Å²) in [6, 6.07) is 5.23. The molecule has 6 nitrogen and oxygen atoms in total. The van der Waals surface area contributed by atoms with Crippen molar-refractivity contribution in [1.82, 2.24) is 19.6 Å². The van der Waals surface area contributed by atoms with E-state index in [1.165, 1.54) is 37.0 Å². The number of nitrogens with zero attached hydrogens (tertiary/aromatic N) is 4. The van der Waals surface area contributed by atoms with E-state index >= 15 is 0 Å². The van der Waals surface area contributed by atoms with Gasteiger partial charge in [-0.15, -0.1) is 0 Å². The highest BCUT2D eigenvalue weighted by Crippen LogP contribution is 2.36. The van der Waals surface area contributed by atoms with Crippen LogP contribution >= 0.6 is 15.9 Å². The van der Waals surface area contributed by atoms with Gasteiger partial charge in [0.25, 0.3) is 0 Å². The number of carbonyl (C=O) groups excluding carboxylic acids is 1. The molecule has 1 amide bonds. The number of carbonyl (C=O) groups is 1. The molecule has 2 heterocycles. The van der Waals surface area contributed by atoms with E-state index in [0.717, 1.165) is 4.68 Å². The maximum Gasteiger partial charge on any atom is 0.436 e. The Labute approximate surface area is 171 Å². The number of anilines is 1. The summed E-state index contributed by atoms with van der Waals surface area (Å²) in [7, 11) is 0. The monoisotopic (exact) mass is 473 g/mol. The van der Waals surface area contributed by atoms with Gasteiger partial charge in [0.2, 0.25) is 5.91 Å². The Hall–Kier alpha value is -2.69. The summed E-state index contributed by atoms with van der Waals surface area (Å²) in [6.45, 7) is 3.03. The van der Waals surface area contributed by atoms with Gasteiger partial charge in [0, 0.05) is 11.8 Å². The molecule has 1 N–H and O–H groups in total. The number of hydrogen-bond acceptors (Lipinski definition) is 3. The molecule has 0 aliphatic heterocycles. The Morgan fingerprint density at radius 3 is 2.62 bits per heavy atom. The highest BCUT2D eigenvalue weighted by Gasteiger charge is 2.39. The van der Waals surface area contributed by atoms with Crippen molar-refractivity contribution in [2.45, 2.75) is 32.6 Å². The lowest BCUT2D eigenvalue weighted by molar-refractivity contribution is -0.142. The molecule has 29 heavy (non-hydrogen) atoms. The normalized spacial score (nSPS) is 12.8. The molecule has 1 aromatic carbocycles. The van der Waals surface area contributed by atoms with Crippen LogP contribution in [0.2, 0.25) is 0 Å². The second kappa shape index (κ2) is 7.97. The molecule has 2 aromatic heterocycles. The molecule has 0 bridgehead atoms. The third-order valence-corrected chi connectivity index (χ3v) is 5.23. The van der Waals surface area contributed by atoms with Crippen molar-refractivity contribution in [2.24, 2.45) is 0 Å². The van der Waals surface area contributed by atoms with E-state index in [9.17, 15) is 22.4 Å². The van der Waals surface area contributed by atoms with Gasteiger partial charge in [-0.3, -0.25) is 14.2 Å². The van der Waals surface area contributed by atoms with Crippen LogP contribution in [0.5, 0.6) is 0 Å². The average Bonchev–Trinajstić information content (AvgIpc) is 3.21. The minimum atomic E-state index is -4.64. The van der Waals surface area contributed by atoms with E-state index < -0.39 is 23.8 Å². The third-order valence-electron chi connectivity index (χ3n) is 4.28. The topological polar surface area (TPSA) is 64.7 Å². The average molecular weight is 474 g/mol. The Morgan fingerprint density at radius 2 is 2.00 bits per heavy atom. The zero-order chi connectivity index (χ0) is 21.3. The van der Waals surface area contributed by atoms with Crippen molar-refractivity contribution >= 4 is 27.5 Å². The van der Waals surface area contributed by atoms with Crippen molar-refractivity contribution in [3.05, 3.63) is 63.9 Å². The zero-order valence-electron chi connectivity index (χ0n) is 15.3.